The Kier molecular flexibility index (Phi) is 4.52. The van der Waals surface area contributed by atoms with Crippen molar-refractivity contribution in [3.05, 3.63) is 64.7 Å². The third kappa shape index (κ3) is 3.38. The number of hydrogen-bond donors (Lipinski definition) is 1. The summed E-state index contributed by atoms with van der Waals surface area (Å²) in [4.78, 5) is 36.4. The number of methoxy groups -OCH3 is 1. The Labute approximate surface area is 144 Å². The van der Waals surface area contributed by atoms with Crippen LogP contribution >= 0.6 is 0 Å². The third-order valence-electron chi connectivity index (χ3n) is 4.02. The summed E-state index contributed by atoms with van der Waals surface area (Å²) in [6.07, 6.45) is -0.665. The fourth-order valence-corrected chi connectivity index (χ4v) is 2.73. The van der Waals surface area contributed by atoms with Crippen LogP contribution in [0.15, 0.2) is 42.5 Å². The van der Waals surface area contributed by atoms with Crippen LogP contribution in [0.25, 0.3) is 0 Å². The molecule has 1 atom stereocenters. The van der Waals surface area contributed by atoms with Crippen molar-refractivity contribution in [2.24, 2.45) is 0 Å². The van der Waals surface area contributed by atoms with Crippen LogP contribution < -0.4 is 5.32 Å². The normalized spacial score (nSPS) is 15.8. The third-order valence-corrected chi connectivity index (χ3v) is 4.02. The first-order valence-corrected chi connectivity index (χ1v) is 7.78. The summed E-state index contributed by atoms with van der Waals surface area (Å²) in [5.41, 5.74) is 2.74. The molecule has 1 aliphatic heterocycles. The number of carbonyl (C=O) groups is 3. The van der Waals surface area contributed by atoms with Crippen molar-refractivity contribution in [1.29, 1.82) is 0 Å². The van der Waals surface area contributed by atoms with E-state index in [2.05, 4.69) is 5.32 Å². The number of anilines is 1. The minimum atomic E-state index is -0.951. The lowest BCUT2D eigenvalue weighted by Crippen LogP contribution is -2.38. The molecule has 0 aromatic heterocycles. The van der Waals surface area contributed by atoms with Gasteiger partial charge in [-0.15, -0.1) is 0 Å². The summed E-state index contributed by atoms with van der Waals surface area (Å²) in [6, 6.07) is 12.0. The Morgan fingerprint density at radius 1 is 1.20 bits per heavy atom. The molecule has 25 heavy (non-hydrogen) atoms. The summed E-state index contributed by atoms with van der Waals surface area (Å²) in [6.45, 7) is 1.89. The largest absolute Gasteiger partial charge is 0.465 e. The predicted molar refractivity (Wildman–Crippen MR) is 90.5 cm³/mol. The number of amides is 1. The van der Waals surface area contributed by atoms with Crippen LogP contribution in [0.2, 0.25) is 0 Å². The molecule has 0 saturated heterocycles. The van der Waals surface area contributed by atoms with Crippen LogP contribution in [0.5, 0.6) is 0 Å². The Balaban J connectivity index is 1.80. The van der Waals surface area contributed by atoms with E-state index in [0.717, 1.165) is 11.1 Å². The van der Waals surface area contributed by atoms with Gasteiger partial charge >= 0.3 is 11.9 Å². The summed E-state index contributed by atoms with van der Waals surface area (Å²) < 4.78 is 9.96. The lowest BCUT2D eigenvalue weighted by molar-refractivity contribution is -0.125. The van der Waals surface area contributed by atoms with Crippen LogP contribution in [0.3, 0.4) is 0 Å². The van der Waals surface area contributed by atoms with Crippen molar-refractivity contribution >= 4 is 23.5 Å². The van der Waals surface area contributed by atoms with Crippen LogP contribution in [-0.2, 0) is 20.7 Å². The number of fused-ring (bicyclic) bond motifs is 1. The number of hydrogen-bond acceptors (Lipinski definition) is 5. The minimum Gasteiger partial charge on any atom is -0.465 e. The van der Waals surface area contributed by atoms with E-state index >= 15 is 0 Å². The van der Waals surface area contributed by atoms with Gasteiger partial charge in [0.05, 0.1) is 23.9 Å². The average Bonchev–Trinajstić information content (AvgIpc) is 2.62. The molecule has 1 amide bonds. The molecule has 0 aliphatic carbocycles. The Morgan fingerprint density at radius 2 is 1.96 bits per heavy atom. The molecule has 1 heterocycles. The van der Waals surface area contributed by atoms with E-state index < -0.39 is 23.9 Å². The van der Waals surface area contributed by atoms with Gasteiger partial charge in [0.1, 0.15) is 0 Å². The van der Waals surface area contributed by atoms with E-state index in [1.54, 1.807) is 30.3 Å². The summed E-state index contributed by atoms with van der Waals surface area (Å²) >= 11 is 0. The number of benzene rings is 2. The Morgan fingerprint density at radius 3 is 2.72 bits per heavy atom. The summed E-state index contributed by atoms with van der Waals surface area (Å²) in [5.74, 6) is -1.57. The van der Waals surface area contributed by atoms with Gasteiger partial charge in [-0.25, -0.2) is 9.59 Å². The van der Waals surface area contributed by atoms with Gasteiger partial charge in [0, 0.05) is 6.42 Å². The number of rotatable bonds is 3. The molecule has 0 saturated carbocycles. The van der Waals surface area contributed by atoms with Crippen molar-refractivity contribution < 1.29 is 23.9 Å². The van der Waals surface area contributed by atoms with Gasteiger partial charge in [-0.2, -0.15) is 0 Å². The maximum absolute atomic E-state index is 12.5. The van der Waals surface area contributed by atoms with Gasteiger partial charge in [0.25, 0.3) is 5.91 Å². The first-order chi connectivity index (χ1) is 12.0. The van der Waals surface area contributed by atoms with Crippen molar-refractivity contribution in [1.82, 2.24) is 0 Å². The highest BCUT2D eigenvalue weighted by Gasteiger charge is 2.31. The topological polar surface area (TPSA) is 81.7 Å². The zero-order valence-electron chi connectivity index (χ0n) is 13.9. The highest BCUT2D eigenvalue weighted by Crippen LogP contribution is 2.23. The molecule has 2 aromatic carbocycles. The van der Waals surface area contributed by atoms with Crippen molar-refractivity contribution in [3.8, 4) is 0 Å². The van der Waals surface area contributed by atoms with Crippen LogP contribution in [0, 0.1) is 6.92 Å². The fraction of sp³-hybridized carbons (Fsp3) is 0.211. The van der Waals surface area contributed by atoms with Crippen LogP contribution in [0.4, 0.5) is 5.69 Å². The number of ether oxygens (including phenoxy) is 2. The number of aryl methyl sites for hydroxylation is 1. The van der Waals surface area contributed by atoms with E-state index in [9.17, 15) is 14.4 Å². The molecule has 1 unspecified atom stereocenters. The standard InChI is InChI=1S/C19H17NO5/c1-11-7-8-12-10-16(25-19(23)14(12)9-11)17(21)20-15-6-4-3-5-13(15)18(22)24-2/h3-9,16H,10H2,1-2H3,(H,20,21). The van der Waals surface area contributed by atoms with Gasteiger partial charge < -0.3 is 14.8 Å². The smallest absolute Gasteiger partial charge is 0.339 e. The fourth-order valence-electron chi connectivity index (χ4n) is 2.73. The SMILES string of the molecule is COC(=O)c1ccccc1NC(=O)C1Cc2ccc(C)cc2C(=O)O1. The lowest BCUT2D eigenvalue weighted by Gasteiger charge is -2.24. The van der Waals surface area contributed by atoms with Gasteiger partial charge in [0.2, 0.25) is 0 Å². The maximum atomic E-state index is 12.5. The zero-order valence-corrected chi connectivity index (χ0v) is 13.9. The van der Waals surface area contributed by atoms with Crippen molar-refractivity contribution in [2.75, 3.05) is 12.4 Å². The second kappa shape index (κ2) is 6.76. The Hall–Kier alpha value is -3.15. The number of nitrogens with one attached hydrogen (secondary N) is 1. The highest BCUT2D eigenvalue weighted by molar-refractivity contribution is 6.04. The number of cyclic esters (lactones) is 1. The molecule has 0 radical (unpaired) electrons. The molecular formula is C19H17NO5. The average molecular weight is 339 g/mol. The van der Waals surface area contributed by atoms with E-state index in [1.165, 1.54) is 7.11 Å². The molecule has 0 spiro atoms. The molecule has 0 bridgehead atoms. The lowest BCUT2D eigenvalue weighted by atomic mass is 9.96. The second-order valence-electron chi connectivity index (χ2n) is 5.79. The predicted octanol–water partition coefficient (Wildman–Crippen LogP) is 2.50. The molecule has 128 valence electrons. The number of para-hydroxylation sites is 1. The van der Waals surface area contributed by atoms with E-state index in [1.807, 2.05) is 19.1 Å². The highest BCUT2D eigenvalue weighted by atomic mass is 16.5. The molecule has 6 nitrogen and oxygen atoms in total. The van der Waals surface area contributed by atoms with Gasteiger partial charge in [-0.3, -0.25) is 4.79 Å². The van der Waals surface area contributed by atoms with Crippen molar-refractivity contribution in [3.63, 3.8) is 0 Å². The molecule has 2 aromatic rings. The van der Waals surface area contributed by atoms with Crippen molar-refractivity contribution in [2.45, 2.75) is 19.4 Å². The molecule has 1 N–H and O–H groups in total. The number of esters is 2. The molecule has 1 aliphatic rings. The molecule has 0 fully saturated rings. The zero-order chi connectivity index (χ0) is 18.0. The van der Waals surface area contributed by atoms with Gasteiger partial charge in [0.15, 0.2) is 6.10 Å². The number of carbonyl (C=O) groups excluding carboxylic acids is 3. The molecule has 3 rings (SSSR count). The van der Waals surface area contributed by atoms with E-state index in [4.69, 9.17) is 9.47 Å². The monoisotopic (exact) mass is 339 g/mol. The van der Waals surface area contributed by atoms with Gasteiger partial charge in [-0.05, 0) is 30.7 Å². The molecular weight excluding hydrogens is 322 g/mol. The van der Waals surface area contributed by atoms with Gasteiger partial charge in [-0.1, -0.05) is 29.8 Å². The summed E-state index contributed by atoms with van der Waals surface area (Å²) in [7, 11) is 1.27. The quantitative estimate of drug-likeness (QED) is 0.869. The van der Waals surface area contributed by atoms with Crippen LogP contribution in [-0.4, -0.2) is 31.1 Å². The first-order valence-electron chi connectivity index (χ1n) is 7.78. The summed E-state index contributed by atoms with van der Waals surface area (Å²) in [5, 5.41) is 2.64. The second-order valence-corrected chi connectivity index (χ2v) is 5.79. The maximum Gasteiger partial charge on any atom is 0.339 e. The first kappa shape index (κ1) is 16.7. The van der Waals surface area contributed by atoms with Crippen LogP contribution in [0.1, 0.15) is 31.8 Å². The minimum absolute atomic E-state index is 0.233. The Bertz CT molecular complexity index is 859. The molecule has 6 heteroatoms. The van der Waals surface area contributed by atoms with E-state index in [-0.39, 0.29) is 12.0 Å². The van der Waals surface area contributed by atoms with E-state index in [0.29, 0.717) is 11.3 Å².